The largest absolute Gasteiger partial charge is 0.478 e. The lowest BCUT2D eigenvalue weighted by Gasteiger charge is -2.03. The fraction of sp³-hybridized carbons (Fsp3) is 0.250. The highest BCUT2D eigenvalue weighted by Gasteiger charge is 2.10. The van der Waals surface area contributed by atoms with E-state index in [0.717, 1.165) is 17.6 Å². The van der Waals surface area contributed by atoms with Crippen LogP contribution in [0, 0.1) is 5.82 Å². The van der Waals surface area contributed by atoms with Crippen molar-refractivity contribution in [1.82, 2.24) is 0 Å². The minimum atomic E-state index is -1.24. The molecule has 2 nitrogen and oxygen atoms in total. The van der Waals surface area contributed by atoms with Crippen molar-refractivity contribution in [1.29, 1.82) is 0 Å². The molecule has 0 atom stereocenters. The number of aromatic carboxylic acids is 1. The molecular weight excluding hydrogens is 195 g/mol. The molecule has 0 saturated heterocycles. The highest BCUT2D eigenvalue weighted by molar-refractivity contribution is 5.89. The predicted molar refractivity (Wildman–Crippen MR) is 57.3 cm³/mol. The van der Waals surface area contributed by atoms with Crippen LogP contribution in [0.1, 0.15) is 36.2 Å². The van der Waals surface area contributed by atoms with Crippen LogP contribution in [0.15, 0.2) is 24.3 Å². The quantitative estimate of drug-likeness (QED) is 0.827. The summed E-state index contributed by atoms with van der Waals surface area (Å²) in [7, 11) is 0. The summed E-state index contributed by atoms with van der Waals surface area (Å²) in [5, 5.41) is 8.74. The zero-order chi connectivity index (χ0) is 11.4. The average molecular weight is 208 g/mol. The minimum Gasteiger partial charge on any atom is -0.478 e. The van der Waals surface area contributed by atoms with Gasteiger partial charge in [-0.1, -0.05) is 19.1 Å². The van der Waals surface area contributed by atoms with Gasteiger partial charge in [0.15, 0.2) is 0 Å². The highest BCUT2D eigenvalue weighted by atomic mass is 19.1. The van der Waals surface area contributed by atoms with E-state index in [1.165, 1.54) is 12.1 Å². The molecule has 0 saturated carbocycles. The van der Waals surface area contributed by atoms with Gasteiger partial charge in [-0.2, -0.15) is 0 Å². The number of hydrogen-bond donors (Lipinski definition) is 1. The molecule has 0 bridgehead atoms. The third-order valence-corrected chi connectivity index (χ3v) is 2.16. The van der Waals surface area contributed by atoms with Gasteiger partial charge in [0.1, 0.15) is 5.82 Å². The SMILES string of the molecule is CCC=C(C)c1ccc(F)c(C(=O)O)c1. The number of rotatable bonds is 3. The van der Waals surface area contributed by atoms with Crippen molar-refractivity contribution in [3.63, 3.8) is 0 Å². The maximum Gasteiger partial charge on any atom is 0.338 e. The van der Waals surface area contributed by atoms with Gasteiger partial charge in [0.05, 0.1) is 5.56 Å². The Bertz CT molecular complexity index is 408. The topological polar surface area (TPSA) is 37.3 Å². The summed E-state index contributed by atoms with van der Waals surface area (Å²) in [4.78, 5) is 10.7. The first-order valence-electron chi connectivity index (χ1n) is 4.76. The van der Waals surface area contributed by atoms with Gasteiger partial charge in [-0.25, -0.2) is 9.18 Å². The van der Waals surface area contributed by atoms with Gasteiger partial charge in [0, 0.05) is 0 Å². The van der Waals surface area contributed by atoms with Gasteiger partial charge >= 0.3 is 5.97 Å². The predicted octanol–water partition coefficient (Wildman–Crippen LogP) is 3.34. The van der Waals surface area contributed by atoms with Crippen LogP contribution in [0.2, 0.25) is 0 Å². The van der Waals surface area contributed by atoms with Crippen molar-refractivity contribution >= 4 is 11.5 Å². The normalized spacial score (nSPS) is 11.5. The Kier molecular flexibility index (Phi) is 3.61. The lowest BCUT2D eigenvalue weighted by molar-refractivity contribution is 0.0692. The highest BCUT2D eigenvalue weighted by Crippen LogP contribution is 2.18. The van der Waals surface area contributed by atoms with Crippen LogP contribution in [-0.2, 0) is 0 Å². The number of halogens is 1. The molecule has 0 aliphatic rings. The Morgan fingerprint density at radius 1 is 1.53 bits per heavy atom. The van der Waals surface area contributed by atoms with E-state index in [9.17, 15) is 9.18 Å². The first kappa shape index (κ1) is 11.4. The molecule has 0 amide bonds. The summed E-state index contributed by atoms with van der Waals surface area (Å²) in [6.07, 6.45) is 2.84. The molecule has 1 aromatic carbocycles. The van der Waals surface area contributed by atoms with Gasteiger partial charge in [-0.15, -0.1) is 0 Å². The summed E-state index contributed by atoms with van der Waals surface area (Å²) in [6.45, 7) is 3.87. The number of allylic oxidation sites excluding steroid dienone is 2. The Morgan fingerprint density at radius 3 is 2.73 bits per heavy atom. The zero-order valence-corrected chi connectivity index (χ0v) is 8.75. The number of carboxylic acid groups (broad SMARTS) is 1. The van der Waals surface area contributed by atoms with Crippen LogP contribution in [0.5, 0.6) is 0 Å². The lowest BCUT2D eigenvalue weighted by atomic mass is 10.0. The Labute approximate surface area is 88.1 Å². The molecular formula is C12H13FO2. The Hall–Kier alpha value is -1.64. The van der Waals surface area contributed by atoms with Crippen LogP contribution in [-0.4, -0.2) is 11.1 Å². The van der Waals surface area contributed by atoms with Crippen molar-refractivity contribution in [2.24, 2.45) is 0 Å². The van der Waals surface area contributed by atoms with Crippen molar-refractivity contribution in [3.8, 4) is 0 Å². The first-order chi connectivity index (χ1) is 7.06. The Balaban J connectivity index is 3.19. The maximum atomic E-state index is 13.1. The third-order valence-electron chi connectivity index (χ3n) is 2.16. The van der Waals surface area contributed by atoms with Crippen LogP contribution in [0.25, 0.3) is 5.57 Å². The second-order valence-electron chi connectivity index (χ2n) is 3.30. The van der Waals surface area contributed by atoms with Gasteiger partial charge in [0.2, 0.25) is 0 Å². The lowest BCUT2D eigenvalue weighted by Crippen LogP contribution is -2.01. The molecule has 1 N–H and O–H groups in total. The van der Waals surface area contributed by atoms with Crippen molar-refractivity contribution in [2.75, 3.05) is 0 Å². The summed E-state index contributed by atoms with van der Waals surface area (Å²) in [6, 6.07) is 4.13. The first-order valence-corrected chi connectivity index (χ1v) is 4.76. The van der Waals surface area contributed by atoms with Gasteiger partial charge in [0.25, 0.3) is 0 Å². The molecule has 3 heteroatoms. The molecule has 80 valence electrons. The van der Waals surface area contributed by atoms with Gasteiger partial charge in [-0.3, -0.25) is 0 Å². The molecule has 0 fully saturated rings. The smallest absolute Gasteiger partial charge is 0.338 e. The molecule has 0 aliphatic heterocycles. The number of carboxylic acids is 1. The molecule has 15 heavy (non-hydrogen) atoms. The van der Waals surface area contributed by atoms with Crippen LogP contribution in [0.4, 0.5) is 4.39 Å². The van der Waals surface area contributed by atoms with E-state index < -0.39 is 11.8 Å². The third kappa shape index (κ3) is 2.65. The van der Waals surface area contributed by atoms with Crippen molar-refractivity contribution in [2.45, 2.75) is 20.3 Å². The summed E-state index contributed by atoms with van der Waals surface area (Å²) < 4.78 is 13.1. The number of benzene rings is 1. The van der Waals surface area contributed by atoms with E-state index in [1.54, 1.807) is 6.07 Å². The molecule has 1 aromatic rings. The molecule has 0 spiro atoms. The van der Waals surface area contributed by atoms with Gasteiger partial charge < -0.3 is 5.11 Å². The summed E-state index contributed by atoms with van der Waals surface area (Å²) in [5.41, 5.74) is 1.42. The summed E-state index contributed by atoms with van der Waals surface area (Å²) >= 11 is 0. The van der Waals surface area contributed by atoms with E-state index >= 15 is 0 Å². The fourth-order valence-electron chi connectivity index (χ4n) is 1.36. The van der Waals surface area contributed by atoms with Crippen LogP contribution in [0.3, 0.4) is 0 Å². The molecule has 0 aliphatic carbocycles. The molecule has 0 heterocycles. The van der Waals surface area contributed by atoms with Crippen LogP contribution < -0.4 is 0 Å². The Morgan fingerprint density at radius 2 is 2.20 bits per heavy atom. The molecule has 1 rings (SSSR count). The molecule has 0 aromatic heterocycles. The van der Waals surface area contributed by atoms with E-state index in [-0.39, 0.29) is 5.56 Å². The van der Waals surface area contributed by atoms with Crippen LogP contribution >= 0.6 is 0 Å². The van der Waals surface area contributed by atoms with E-state index in [0.29, 0.717) is 0 Å². The van der Waals surface area contributed by atoms with Crippen molar-refractivity contribution in [3.05, 3.63) is 41.2 Å². The van der Waals surface area contributed by atoms with Crippen molar-refractivity contribution < 1.29 is 14.3 Å². The van der Waals surface area contributed by atoms with E-state index in [1.807, 2.05) is 19.9 Å². The number of hydrogen-bond acceptors (Lipinski definition) is 1. The average Bonchev–Trinajstić information content (AvgIpc) is 2.18. The zero-order valence-electron chi connectivity index (χ0n) is 8.75. The molecule has 0 radical (unpaired) electrons. The van der Waals surface area contributed by atoms with E-state index in [2.05, 4.69) is 0 Å². The van der Waals surface area contributed by atoms with Gasteiger partial charge in [-0.05, 0) is 36.6 Å². The second-order valence-corrected chi connectivity index (χ2v) is 3.30. The maximum absolute atomic E-state index is 13.1. The fourth-order valence-corrected chi connectivity index (χ4v) is 1.36. The molecule has 0 unspecified atom stereocenters. The number of carbonyl (C=O) groups is 1. The monoisotopic (exact) mass is 208 g/mol. The summed E-state index contributed by atoms with van der Waals surface area (Å²) in [5.74, 6) is -1.94. The standard InChI is InChI=1S/C12H13FO2/c1-3-4-8(2)9-5-6-11(13)10(7-9)12(14)15/h4-7H,3H2,1-2H3,(H,14,15). The van der Waals surface area contributed by atoms with E-state index in [4.69, 9.17) is 5.11 Å². The minimum absolute atomic E-state index is 0.281. The second kappa shape index (κ2) is 4.73.